The van der Waals surface area contributed by atoms with E-state index in [2.05, 4.69) is 41.3 Å². The second-order valence-corrected chi connectivity index (χ2v) is 9.81. The van der Waals surface area contributed by atoms with Crippen LogP contribution in [0.25, 0.3) is 0 Å². The molecule has 0 aliphatic carbocycles. The number of rotatable bonds is 6. The monoisotopic (exact) mass is 431 g/mol. The van der Waals surface area contributed by atoms with Crippen molar-refractivity contribution in [3.63, 3.8) is 0 Å². The summed E-state index contributed by atoms with van der Waals surface area (Å²) < 4.78 is 5.47. The molecule has 0 unspecified atom stereocenters. The van der Waals surface area contributed by atoms with Crippen molar-refractivity contribution in [2.75, 3.05) is 19.6 Å². The Morgan fingerprint density at radius 3 is 2.53 bits per heavy atom. The predicted octanol–water partition coefficient (Wildman–Crippen LogP) is 3.73. The van der Waals surface area contributed by atoms with Crippen LogP contribution in [0, 0.1) is 5.41 Å². The van der Waals surface area contributed by atoms with Crippen LogP contribution >= 0.6 is 11.8 Å². The third kappa shape index (κ3) is 6.76. The minimum atomic E-state index is -0.362. The summed E-state index contributed by atoms with van der Waals surface area (Å²) in [6, 6.07) is 6.66. The van der Waals surface area contributed by atoms with E-state index in [9.17, 15) is 9.59 Å². The number of nitrogens with zero attached hydrogens (tertiary/aromatic N) is 3. The minimum absolute atomic E-state index is 0.122. The quantitative estimate of drug-likeness (QED) is 0.723. The maximum atomic E-state index is 12.4. The molecule has 2 amide bonds. The molecule has 3 rings (SSSR count). The highest BCUT2D eigenvalue weighted by Gasteiger charge is 2.25. The van der Waals surface area contributed by atoms with Gasteiger partial charge in [-0.05, 0) is 48.9 Å². The van der Waals surface area contributed by atoms with E-state index in [4.69, 9.17) is 4.74 Å². The van der Waals surface area contributed by atoms with Crippen molar-refractivity contribution in [2.24, 2.45) is 5.41 Å². The second-order valence-electron chi connectivity index (χ2n) is 8.54. The summed E-state index contributed by atoms with van der Waals surface area (Å²) in [4.78, 5) is 30.5. The summed E-state index contributed by atoms with van der Waals surface area (Å²) in [7, 11) is 0. The Balaban J connectivity index is 1.42. The molecule has 162 valence electrons. The van der Waals surface area contributed by atoms with Gasteiger partial charge in [-0.3, -0.25) is 9.89 Å². The number of amides is 2. The number of carbonyl (C=O) groups is 2. The average molecular weight is 432 g/mol. The topological polar surface area (TPSA) is 100 Å². The van der Waals surface area contributed by atoms with Crippen LogP contribution in [-0.2, 0) is 0 Å². The van der Waals surface area contributed by atoms with E-state index in [0.717, 1.165) is 24.4 Å². The molecule has 1 saturated heterocycles. The number of H-pyrrole nitrogens is 1. The number of nitrogens with one attached hydrogen (secondary N) is 2. The Hall–Kier alpha value is -2.55. The standard InChI is InChI=1S/C21H29N5O3S/c1-21(2,3)10-11-22-18(27)15-4-6-16(7-5-15)29-20(28)26-12-8-17(9-13-26)30-19-23-14-24-25-19/h4-7,14,17H,8-13H2,1-3H3,(H,22,27)(H,23,24,25). The summed E-state index contributed by atoms with van der Waals surface area (Å²) in [5, 5.41) is 10.8. The molecular weight excluding hydrogens is 402 g/mol. The molecule has 0 atom stereocenters. The van der Waals surface area contributed by atoms with Gasteiger partial charge in [0, 0.05) is 30.4 Å². The number of hydrogen-bond acceptors (Lipinski definition) is 6. The van der Waals surface area contributed by atoms with E-state index in [-0.39, 0.29) is 17.4 Å². The van der Waals surface area contributed by atoms with Gasteiger partial charge < -0.3 is 15.0 Å². The van der Waals surface area contributed by atoms with Crippen LogP contribution in [0.4, 0.5) is 4.79 Å². The van der Waals surface area contributed by atoms with E-state index in [0.29, 0.717) is 36.2 Å². The van der Waals surface area contributed by atoms with Crippen LogP contribution < -0.4 is 10.1 Å². The third-order valence-corrected chi connectivity index (χ3v) is 6.06. The smallest absolute Gasteiger partial charge is 0.410 e. The Labute approximate surface area is 181 Å². The molecule has 9 heteroatoms. The minimum Gasteiger partial charge on any atom is -0.410 e. The number of likely N-dealkylation sites (tertiary alicyclic amines) is 1. The zero-order valence-electron chi connectivity index (χ0n) is 17.7. The molecule has 2 aromatic rings. The lowest BCUT2D eigenvalue weighted by Gasteiger charge is -2.30. The second kappa shape index (κ2) is 9.97. The number of benzene rings is 1. The van der Waals surface area contributed by atoms with Crippen LogP contribution in [0.15, 0.2) is 35.7 Å². The first-order valence-electron chi connectivity index (χ1n) is 10.2. The van der Waals surface area contributed by atoms with Gasteiger partial charge in [0.1, 0.15) is 12.1 Å². The molecule has 2 heterocycles. The van der Waals surface area contributed by atoms with Crippen molar-refractivity contribution in [3.8, 4) is 5.75 Å². The van der Waals surface area contributed by atoms with Crippen LogP contribution in [0.2, 0.25) is 0 Å². The highest BCUT2D eigenvalue weighted by atomic mass is 32.2. The van der Waals surface area contributed by atoms with Crippen molar-refractivity contribution in [2.45, 2.75) is 50.4 Å². The molecule has 0 saturated carbocycles. The number of aromatic nitrogens is 3. The summed E-state index contributed by atoms with van der Waals surface area (Å²) in [6.45, 7) is 8.31. The Morgan fingerprint density at radius 2 is 1.93 bits per heavy atom. The summed E-state index contributed by atoms with van der Waals surface area (Å²) >= 11 is 1.63. The molecule has 0 spiro atoms. The first kappa shape index (κ1) is 22.1. The normalized spacial score (nSPS) is 15.1. The first-order valence-corrected chi connectivity index (χ1v) is 11.1. The van der Waals surface area contributed by atoms with E-state index in [1.165, 1.54) is 0 Å². The SMILES string of the molecule is CC(C)(C)CCNC(=O)c1ccc(OC(=O)N2CCC(Sc3nc[nH]n3)CC2)cc1. The first-order chi connectivity index (χ1) is 14.3. The predicted molar refractivity (Wildman–Crippen MR) is 116 cm³/mol. The summed E-state index contributed by atoms with van der Waals surface area (Å²) in [6.07, 6.45) is 3.83. The maximum absolute atomic E-state index is 12.4. The molecule has 1 aliphatic heterocycles. The van der Waals surface area contributed by atoms with Gasteiger partial charge in [-0.2, -0.15) is 0 Å². The Bertz CT molecular complexity index is 825. The van der Waals surface area contributed by atoms with Gasteiger partial charge in [0.15, 0.2) is 0 Å². The van der Waals surface area contributed by atoms with Crippen molar-refractivity contribution in [3.05, 3.63) is 36.2 Å². The van der Waals surface area contributed by atoms with Crippen LogP contribution in [-0.4, -0.2) is 57.0 Å². The van der Waals surface area contributed by atoms with Crippen molar-refractivity contribution < 1.29 is 14.3 Å². The molecule has 0 bridgehead atoms. The van der Waals surface area contributed by atoms with E-state index in [1.807, 2.05) is 0 Å². The lowest BCUT2D eigenvalue weighted by molar-refractivity contribution is 0.0949. The number of thioether (sulfide) groups is 1. The van der Waals surface area contributed by atoms with Crippen LogP contribution in [0.5, 0.6) is 5.75 Å². The van der Waals surface area contributed by atoms with Gasteiger partial charge in [0.2, 0.25) is 5.16 Å². The fourth-order valence-corrected chi connectivity index (χ4v) is 4.02. The van der Waals surface area contributed by atoms with Gasteiger partial charge >= 0.3 is 6.09 Å². The van der Waals surface area contributed by atoms with Gasteiger partial charge in [0.05, 0.1) is 0 Å². The van der Waals surface area contributed by atoms with Crippen LogP contribution in [0.1, 0.15) is 50.4 Å². The number of ether oxygens (including phenoxy) is 1. The molecule has 1 aromatic carbocycles. The maximum Gasteiger partial charge on any atom is 0.415 e. The highest BCUT2D eigenvalue weighted by molar-refractivity contribution is 7.99. The third-order valence-electron chi connectivity index (χ3n) is 4.85. The lowest BCUT2D eigenvalue weighted by Crippen LogP contribution is -2.40. The highest BCUT2D eigenvalue weighted by Crippen LogP contribution is 2.28. The van der Waals surface area contributed by atoms with E-state index >= 15 is 0 Å². The van der Waals surface area contributed by atoms with Gasteiger partial charge in [-0.15, -0.1) is 5.10 Å². The van der Waals surface area contributed by atoms with E-state index < -0.39 is 0 Å². The molecule has 8 nitrogen and oxygen atoms in total. The summed E-state index contributed by atoms with van der Waals surface area (Å²) in [5.41, 5.74) is 0.724. The number of piperidine rings is 1. The largest absolute Gasteiger partial charge is 0.415 e. The zero-order valence-corrected chi connectivity index (χ0v) is 18.5. The lowest BCUT2D eigenvalue weighted by atomic mass is 9.92. The van der Waals surface area contributed by atoms with Crippen LogP contribution in [0.3, 0.4) is 0 Å². The van der Waals surface area contributed by atoms with Gasteiger partial charge in [0.25, 0.3) is 5.91 Å². The average Bonchev–Trinajstić information content (AvgIpc) is 3.21. The van der Waals surface area contributed by atoms with Crippen molar-refractivity contribution in [1.29, 1.82) is 0 Å². The molecule has 1 aliphatic rings. The Morgan fingerprint density at radius 1 is 1.23 bits per heavy atom. The van der Waals surface area contributed by atoms with Gasteiger partial charge in [-0.1, -0.05) is 32.5 Å². The fourth-order valence-electron chi connectivity index (χ4n) is 3.05. The number of carbonyl (C=O) groups excluding carboxylic acids is 2. The molecule has 1 aromatic heterocycles. The molecular formula is C21H29N5O3S. The molecule has 1 fully saturated rings. The molecule has 0 radical (unpaired) electrons. The van der Waals surface area contributed by atoms with Crippen molar-refractivity contribution in [1.82, 2.24) is 25.4 Å². The fraction of sp³-hybridized carbons (Fsp3) is 0.524. The number of aromatic amines is 1. The van der Waals surface area contributed by atoms with E-state index in [1.54, 1.807) is 47.3 Å². The molecule has 30 heavy (non-hydrogen) atoms. The Kier molecular flexibility index (Phi) is 7.36. The number of hydrogen-bond donors (Lipinski definition) is 2. The van der Waals surface area contributed by atoms with Gasteiger partial charge in [-0.25, -0.2) is 9.78 Å². The summed E-state index contributed by atoms with van der Waals surface area (Å²) in [5.74, 6) is 0.312. The molecule has 2 N–H and O–H groups in total. The van der Waals surface area contributed by atoms with Crippen molar-refractivity contribution >= 4 is 23.8 Å². The zero-order chi connectivity index (χ0) is 21.6.